The molecule has 0 atom stereocenters. The Balaban J connectivity index is 1.68. The highest BCUT2D eigenvalue weighted by atomic mass is 16.5. The fourth-order valence-corrected chi connectivity index (χ4v) is 2.43. The molecule has 0 spiro atoms. The summed E-state index contributed by atoms with van der Waals surface area (Å²) in [4.78, 5) is 40.3. The van der Waals surface area contributed by atoms with E-state index in [0.29, 0.717) is 18.7 Å². The van der Waals surface area contributed by atoms with Gasteiger partial charge in [-0.2, -0.15) is 0 Å². The van der Waals surface area contributed by atoms with Crippen molar-refractivity contribution in [1.82, 2.24) is 4.98 Å². The van der Waals surface area contributed by atoms with E-state index >= 15 is 0 Å². The van der Waals surface area contributed by atoms with Crippen LogP contribution in [0.1, 0.15) is 33.7 Å². The second-order valence-corrected chi connectivity index (χ2v) is 5.33. The van der Waals surface area contributed by atoms with Crippen LogP contribution in [-0.2, 0) is 4.79 Å². The summed E-state index contributed by atoms with van der Waals surface area (Å²) in [6, 6.07) is 9.49. The Kier molecular flexibility index (Phi) is 4.24. The molecule has 1 aliphatic heterocycles. The lowest BCUT2D eigenvalue weighted by Gasteiger charge is -2.15. The summed E-state index contributed by atoms with van der Waals surface area (Å²) >= 11 is 0. The Labute approximate surface area is 138 Å². The highest BCUT2D eigenvalue weighted by Crippen LogP contribution is 2.24. The lowest BCUT2D eigenvalue weighted by molar-refractivity contribution is -0.117. The Morgan fingerprint density at radius 2 is 1.88 bits per heavy atom. The third kappa shape index (κ3) is 3.24. The SMILES string of the molecule is NC(=O)c1ccc(C(=O)Oc2ccc(N3CCCC3=O)cc2)nc1. The summed E-state index contributed by atoms with van der Waals surface area (Å²) in [5.41, 5.74) is 6.18. The van der Waals surface area contributed by atoms with Crippen molar-refractivity contribution in [2.45, 2.75) is 12.8 Å². The maximum Gasteiger partial charge on any atom is 0.362 e. The molecule has 122 valence electrons. The van der Waals surface area contributed by atoms with Gasteiger partial charge in [0.15, 0.2) is 0 Å². The Morgan fingerprint density at radius 1 is 1.12 bits per heavy atom. The summed E-state index contributed by atoms with van der Waals surface area (Å²) < 4.78 is 5.22. The van der Waals surface area contributed by atoms with E-state index in [-0.39, 0.29) is 17.2 Å². The molecule has 1 aromatic heterocycles. The van der Waals surface area contributed by atoms with Gasteiger partial charge in [-0.25, -0.2) is 9.78 Å². The zero-order chi connectivity index (χ0) is 17.1. The van der Waals surface area contributed by atoms with Crippen molar-refractivity contribution in [3.63, 3.8) is 0 Å². The molecule has 0 unspecified atom stereocenters. The fraction of sp³-hybridized carbons (Fsp3) is 0.176. The van der Waals surface area contributed by atoms with Gasteiger partial charge in [-0.05, 0) is 42.8 Å². The minimum absolute atomic E-state index is 0.0683. The first kappa shape index (κ1) is 15.7. The molecule has 3 rings (SSSR count). The minimum atomic E-state index is -0.643. The van der Waals surface area contributed by atoms with E-state index in [4.69, 9.17) is 10.5 Å². The van der Waals surface area contributed by atoms with Crippen molar-refractivity contribution in [2.24, 2.45) is 5.73 Å². The first-order valence-electron chi connectivity index (χ1n) is 7.43. The van der Waals surface area contributed by atoms with E-state index in [0.717, 1.165) is 12.1 Å². The quantitative estimate of drug-likeness (QED) is 0.678. The molecule has 1 aliphatic rings. The van der Waals surface area contributed by atoms with Gasteiger partial charge < -0.3 is 15.4 Å². The number of amides is 2. The Bertz CT molecular complexity index is 784. The monoisotopic (exact) mass is 325 g/mol. The predicted molar refractivity (Wildman–Crippen MR) is 85.7 cm³/mol. The number of ether oxygens (including phenoxy) is 1. The first-order valence-corrected chi connectivity index (χ1v) is 7.43. The van der Waals surface area contributed by atoms with Crippen LogP contribution in [0.4, 0.5) is 5.69 Å². The van der Waals surface area contributed by atoms with Crippen LogP contribution in [0.2, 0.25) is 0 Å². The van der Waals surface area contributed by atoms with E-state index < -0.39 is 11.9 Å². The van der Waals surface area contributed by atoms with Crippen LogP contribution >= 0.6 is 0 Å². The summed E-state index contributed by atoms with van der Waals surface area (Å²) in [6.45, 7) is 0.702. The maximum absolute atomic E-state index is 12.0. The van der Waals surface area contributed by atoms with Crippen LogP contribution in [0.3, 0.4) is 0 Å². The van der Waals surface area contributed by atoms with Gasteiger partial charge in [0.05, 0.1) is 5.56 Å². The zero-order valence-corrected chi connectivity index (χ0v) is 12.8. The number of nitrogens with two attached hydrogens (primary N) is 1. The van der Waals surface area contributed by atoms with Gasteiger partial charge in [-0.1, -0.05) is 0 Å². The second kappa shape index (κ2) is 6.49. The Hall–Kier alpha value is -3.22. The molecule has 1 aromatic carbocycles. The molecule has 24 heavy (non-hydrogen) atoms. The average Bonchev–Trinajstić information content (AvgIpc) is 3.01. The Morgan fingerprint density at radius 3 is 2.42 bits per heavy atom. The van der Waals surface area contributed by atoms with Gasteiger partial charge in [-0.3, -0.25) is 9.59 Å². The molecule has 1 saturated heterocycles. The zero-order valence-electron chi connectivity index (χ0n) is 12.8. The molecular formula is C17H15N3O4. The molecule has 0 radical (unpaired) electrons. The van der Waals surface area contributed by atoms with Crippen LogP contribution in [0.25, 0.3) is 0 Å². The van der Waals surface area contributed by atoms with Gasteiger partial charge in [-0.15, -0.1) is 0 Å². The van der Waals surface area contributed by atoms with Crippen LogP contribution < -0.4 is 15.4 Å². The summed E-state index contributed by atoms with van der Waals surface area (Å²) in [5.74, 6) is -0.819. The van der Waals surface area contributed by atoms with Crippen LogP contribution in [0.15, 0.2) is 42.6 Å². The highest BCUT2D eigenvalue weighted by Gasteiger charge is 2.21. The van der Waals surface area contributed by atoms with E-state index in [9.17, 15) is 14.4 Å². The van der Waals surface area contributed by atoms with Crippen LogP contribution in [0.5, 0.6) is 5.75 Å². The number of aromatic nitrogens is 1. The largest absolute Gasteiger partial charge is 0.422 e. The first-order chi connectivity index (χ1) is 11.5. The van der Waals surface area contributed by atoms with E-state index in [1.807, 2.05) is 0 Å². The van der Waals surface area contributed by atoms with Gasteiger partial charge in [0.2, 0.25) is 11.8 Å². The molecule has 7 heteroatoms. The van der Waals surface area contributed by atoms with Crippen molar-refractivity contribution in [1.29, 1.82) is 0 Å². The van der Waals surface area contributed by atoms with Crippen molar-refractivity contribution in [3.8, 4) is 5.75 Å². The molecule has 0 aliphatic carbocycles. The number of nitrogens with zero attached hydrogens (tertiary/aromatic N) is 2. The number of benzene rings is 1. The van der Waals surface area contributed by atoms with E-state index in [1.165, 1.54) is 18.3 Å². The van der Waals surface area contributed by atoms with Gasteiger partial charge in [0.25, 0.3) is 0 Å². The predicted octanol–water partition coefficient (Wildman–Crippen LogP) is 1.53. The molecule has 2 amide bonds. The van der Waals surface area contributed by atoms with Gasteiger partial charge in [0, 0.05) is 24.8 Å². The normalized spacial score (nSPS) is 13.8. The molecular weight excluding hydrogens is 310 g/mol. The van der Waals surface area contributed by atoms with Crippen molar-refractivity contribution < 1.29 is 19.1 Å². The molecule has 2 N–H and O–H groups in total. The number of rotatable bonds is 4. The van der Waals surface area contributed by atoms with Crippen molar-refractivity contribution >= 4 is 23.5 Å². The summed E-state index contributed by atoms with van der Waals surface area (Å²) in [6.07, 6.45) is 2.63. The topological polar surface area (TPSA) is 103 Å². The number of primary amides is 1. The lowest BCUT2D eigenvalue weighted by atomic mass is 10.2. The molecule has 1 fully saturated rings. The number of anilines is 1. The van der Waals surface area contributed by atoms with E-state index in [2.05, 4.69) is 4.98 Å². The lowest BCUT2D eigenvalue weighted by Crippen LogP contribution is -2.23. The summed E-state index contributed by atoms with van der Waals surface area (Å²) in [7, 11) is 0. The number of hydrogen-bond donors (Lipinski definition) is 1. The third-order valence-electron chi connectivity index (χ3n) is 3.69. The molecule has 2 heterocycles. The van der Waals surface area contributed by atoms with Crippen LogP contribution in [-0.4, -0.2) is 29.3 Å². The van der Waals surface area contributed by atoms with Crippen molar-refractivity contribution in [3.05, 3.63) is 53.9 Å². The number of carbonyl (C=O) groups excluding carboxylic acids is 3. The summed E-state index contributed by atoms with van der Waals surface area (Å²) in [5, 5.41) is 0. The molecule has 2 aromatic rings. The molecule has 0 saturated carbocycles. The smallest absolute Gasteiger partial charge is 0.362 e. The minimum Gasteiger partial charge on any atom is -0.422 e. The standard InChI is InChI=1S/C17H15N3O4/c18-16(22)11-3-8-14(19-10-11)17(23)24-13-6-4-12(5-7-13)20-9-1-2-15(20)21/h3-8,10H,1-2,9H2,(H2,18,22). The number of carbonyl (C=O) groups is 3. The van der Waals surface area contributed by atoms with E-state index in [1.54, 1.807) is 29.2 Å². The number of esters is 1. The molecule has 0 bridgehead atoms. The van der Waals surface area contributed by atoms with Gasteiger partial charge >= 0.3 is 5.97 Å². The third-order valence-corrected chi connectivity index (χ3v) is 3.69. The molecule has 7 nitrogen and oxygen atoms in total. The maximum atomic E-state index is 12.0. The van der Waals surface area contributed by atoms with Crippen LogP contribution in [0, 0.1) is 0 Å². The number of pyridine rings is 1. The highest BCUT2D eigenvalue weighted by molar-refractivity contribution is 5.96. The second-order valence-electron chi connectivity index (χ2n) is 5.33. The van der Waals surface area contributed by atoms with Crippen molar-refractivity contribution in [2.75, 3.05) is 11.4 Å². The van der Waals surface area contributed by atoms with Gasteiger partial charge in [0.1, 0.15) is 11.4 Å². The average molecular weight is 325 g/mol. The number of hydrogen-bond acceptors (Lipinski definition) is 5. The fourth-order valence-electron chi connectivity index (χ4n) is 2.43.